The zero-order valence-corrected chi connectivity index (χ0v) is 14.3. The Kier molecular flexibility index (Phi) is 6.43. The molecule has 24 heavy (non-hydrogen) atoms. The molecule has 1 amide bonds. The second-order valence-corrected chi connectivity index (χ2v) is 5.80. The van der Waals surface area contributed by atoms with E-state index in [1.165, 1.54) is 6.08 Å². The molecule has 0 fully saturated rings. The molecular formula is C20H23NO3. The largest absolute Gasteiger partial charge is 0.493 e. The van der Waals surface area contributed by atoms with E-state index in [9.17, 15) is 4.79 Å². The number of benzene rings is 2. The molecule has 4 heteroatoms. The van der Waals surface area contributed by atoms with Gasteiger partial charge in [-0.1, -0.05) is 38.1 Å². The summed E-state index contributed by atoms with van der Waals surface area (Å²) in [5.41, 5.74) is 1.63. The number of carbonyl (C=O) groups is 1. The monoisotopic (exact) mass is 325 g/mol. The Balaban J connectivity index is 2.02. The van der Waals surface area contributed by atoms with Gasteiger partial charge in [-0.2, -0.15) is 0 Å². The van der Waals surface area contributed by atoms with Crippen LogP contribution in [0.1, 0.15) is 19.4 Å². The molecule has 0 aliphatic heterocycles. The van der Waals surface area contributed by atoms with Gasteiger partial charge in [0.05, 0.1) is 13.7 Å². The molecule has 4 nitrogen and oxygen atoms in total. The Morgan fingerprint density at radius 2 is 1.88 bits per heavy atom. The van der Waals surface area contributed by atoms with Gasteiger partial charge in [0.25, 0.3) is 0 Å². The van der Waals surface area contributed by atoms with E-state index in [-0.39, 0.29) is 5.91 Å². The fourth-order valence-electron chi connectivity index (χ4n) is 2.04. The number of para-hydroxylation sites is 1. The molecule has 1 N–H and O–H groups in total. The molecule has 0 aliphatic rings. The van der Waals surface area contributed by atoms with Crippen LogP contribution < -0.4 is 14.8 Å². The highest BCUT2D eigenvalue weighted by molar-refractivity contribution is 6.01. The topological polar surface area (TPSA) is 47.6 Å². The van der Waals surface area contributed by atoms with Crippen LogP contribution in [-0.2, 0) is 4.79 Å². The van der Waals surface area contributed by atoms with E-state index >= 15 is 0 Å². The fraction of sp³-hybridized carbons (Fsp3) is 0.250. The molecule has 2 rings (SSSR count). The van der Waals surface area contributed by atoms with Crippen molar-refractivity contribution in [2.75, 3.05) is 19.0 Å². The van der Waals surface area contributed by atoms with Crippen molar-refractivity contribution in [2.24, 2.45) is 5.92 Å². The maximum Gasteiger partial charge on any atom is 0.248 e. The van der Waals surface area contributed by atoms with Gasteiger partial charge >= 0.3 is 0 Å². The van der Waals surface area contributed by atoms with Crippen molar-refractivity contribution in [2.45, 2.75) is 13.8 Å². The molecule has 0 atom stereocenters. The molecule has 0 aromatic heterocycles. The van der Waals surface area contributed by atoms with E-state index in [0.29, 0.717) is 24.0 Å². The molecule has 0 radical (unpaired) electrons. The first kappa shape index (κ1) is 17.6. The second-order valence-electron chi connectivity index (χ2n) is 5.80. The van der Waals surface area contributed by atoms with Gasteiger partial charge in [-0.25, -0.2) is 0 Å². The van der Waals surface area contributed by atoms with E-state index < -0.39 is 0 Å². The van der Waals surface area contributed by atoms with Crippen LogP contribution in [0.2, 0.25) is 0 Å². The lowest BCUT2D eigenvalue weighted by Gasteiger charge is -2.12. The molecule has 126 valence electrons. The summed E-state index contributed by atoms with van der Waals surface area (Å²) in [4.78, 5) is 11.9. The number of ether oxygens (including phenoxy) is 2. The molecule has 0 saturated heterocycles. The minimum Gasteiger partial charge on any atom is -0.493 e. The van der Waals surface area contributed by atoms with Crippen LogP contribution in [0.4, 0.5) is 5.69 Å². The van der Waals surface area contributed by atoms with Crippen molar-refractivity contribution in [1.82, 2.24) is 0 Å². The molecule has 0 bridgehead atoms. The van der Waals surface area contributed by atoms with Crippen molar-refractivity contribution in [1.29, 1.82) is 0 Å². The minimum atomic E-state index is -0.180. The summed E-state index contributed by atoms with van der Waals surface area (Å²) in [5.74, 6) is 1.62. The van der Waals surface area contributed by atoms with Crippen molar-refractivity contribution < 1.29 is 14.3 Å². The lowest BCUT2D eigenvalue weighted by atomic mass is 10.2. The Labute approximate surface area is 143 Å². The van der Waals surface area contributed by atoms with Crippen LogP contribution in [0.15, 0.2) is 54.6 Å². The first-order chi connectivity index (χ1) is 11.6. The summed E-state index contributed by atoms with van der Waals surface area (Å²) in [6.45, 7) is 4.81. The number of carbonyl (C=O) groups excluding carboxylic acids is 1. The molecule has 0 unspecified atom stereocenters. The molecule has 0 heterocycles. The third-order valence-corrected chi connectivity index (χ3v) is 3.23. The smallest absolute Gasteiger partial charge is 0.248 e. The van der Waals surface area contributed by atoms with Crippen LogP contribution in [0.3, 0.4) is 0 Å². The number of methoxy groups -OCH3 is 1. The normalized spacial score (nSPS) is 10.8. The third-order valence-electron chi connectivity index (χ3n) is 3.23. The highest BCUT2D eigenvalue weighted by Gasteiger charge is 2.06. The quantitative estimate of drug-likeness (QED) is 0.768. The minimum absolute atomic E-state index is 0.180. The summed E-state index contributed by atoms with van der Waals surface area (Å²) in [6.07, 6.45) is 3.24. The van der Waals surface area contributed by atoms with Gasteiger partial charge in [-0.05, 0) is 41.8 Å². The maximum atomic E-state index is 11.9. The third kappa shape index (κ3) is 5.47. The van der Waals surface area contributed by atoms with Gasteiger partial charge in [0, 0.05) is 11.8 Å². The molecular weight excluding hydrogens is 302 g/mol. The highest BCUT2D eigenvalue weighted by atomic mass is 16.5. The van der Waals surface area contributed by atoms with Gasteiger partial charge in [-0.15, -0.1) is 0 Å². The molecule has 2 aromatic rings. The van der Waals surface area contributed by atoms with E-state index in [0.717, 1.165) is 11.3 Å². The average Bonchev–Trinajstić information content (AvgIpc) is 2.59. The lowest BCUT2D eigenvalue weighted by Crippen LogP contribution is -2.07. The van der Waals surface area contributed by atoms with Gasteiger partial charge in [-0.3, -0.25) is 4.79 Å². The number of nitrogens with one attached hydrogen (secondary N) is 1. The number of rotatable bonds is 7. The summed E-state index contributed by atoms with van der Waals surface area (Å²) in [6, 6.07) is 14.9. The predicted octanol–water partition coefficient (Wildman–Crippen LogP) is 4.38. The van der Waals surface area contributed by atoms with E-state index in [4.69, 9.17) is 9.47 Å². The Morgan fingerprint density at radius 1 is 1.12 bits per heavy atom. The second kappa shape index (κ2) is 8.77. The van der Waals surface area contributed by atoms with Crippen molar-refractivity contribution in [3.63, 3.8) is 0 Å². The Morgan fingerprint density at radius 3 is 2.54 bits per heavy atom. The Hall–Kier alpha value is -2.75. The van der Waals surface area contributed by atoms with Crippen LogP contribution in [0.5, 0.6) is 11.5 Å². The van der Waals surface area contributed by atoms with Crippen molar-refractivity contribution >= 4 is 17.7 Å². The standard InChI is InChI=1S/C20H23NO3/c1-15(2)14-24-18-11-9-16(13-19(18)23-3)10-12-20(22)21-17-7-5-4-6-8-17/h4-13,15H,14H2,1-3H3,(H,21,22)/b12-10+. The van der Waals surface area contributed by atoms with Crippen molar-refractivity contribution in [3.05, 3.63) is 60.2 Å². The van der Waals surface area contributed by atoms with Crippen molar-refractivity contribution in [3.8, 4) is 11.5 Å². The van der Waals surface area contributed by atoms with E-state index in [1.54, 1.807) is 13.2 Å². The van der Waals surface area contributed by atoms with E-state index in [1.807, 2.05) is 48.5 Å². The summed E-state index contributed by atoms with van der Waals surface area (Å²) >= 11 is 0. The zero-order chi connectivity index (χ0) is 17.4. The molecule has 0 spiro atoms. The van der Waals surface area contributed by atoms with Gasteiger partial charge in [0.1, 0.15) is 0 Å². The molecule has 2 aromatic carbocycles. The van der Waals surface area contributed by atoms with Crippen LogP contribution in [0, 0.1) is 5.92 Å². The summed E-state index contributed by atoms with van der Waals surface area (Å²) < 4.78 is 11.1. The zero-order valence-electron chi connectivity index (χ0n) is 14.3. The van der Waals surface area contributed by atoms with E-state index in [2.05, 4.69) is 19.2 Å². The van der Waals surface area contributed by atoms with Crippen LogP contribution in [-0.4, -0.2) is 19.6 Å². The SMILES string of the molecule is COc1cc(/C=C/C(=O)Nc2ccccc2)ccc1OCC(C)C. The van der Waals surface area contributed by atoms with Gasteiger partial charge in [0.15, 0.2) is 11.5 Å². The predicted molar refractivity (Wildman–Crippen MR) is 97.4 cm³/mol. The average molecular weight is 325 g/mol. The fourth-order valence-corrected chi connectivity index (χ4v) is 2.04. The molecule has 0 aliphatic carbocycles. The Bertz CT molecular complexity index is 693. The van der Waals surface area contributed by atoms with Crippen LogP contribution in [0.25, 0.3) is 6.08 Å². The number of hydrogen-bond donors (Lipinski definition) is 1. The number of anilines is 1. The van der Waals surface area contributed by atoms with Gasteiger partial charge < -0.3 is 14.8 Å². The molecule has 0 saturated carbocycles. The highest BCUT2D eigenvalue weighted by Crippen LogP contribution is 2.29. The first-order valence-corrected chi connectivity index (χ1v) is 7.93. The number of hydrogen-bond acceptors (Lipinski definition) is 3. The summed E-state index contributed by atoms with van der Waals surface area (Å²) in [5, 5.41) is 2.80. The first-order valence-electron chi connectivity index (χ1n) is 7.93. The lowest BCUT2D eigenvalue weighted by molar-refractivity contribution is -0.111. The summed E-state index contributed by atoms with van der Waals surface area (Å²) in [7, 11) is 1.60. The number of amides is 1. The maximum absolute atomic E-state index is 11.9. The van der Waals surface area contributed by atoms with Crippen LogP contribution >= 0.6 is 0 Å². The van der Waals surface area contributed by atoms with Gasteiger partial charge in [0.2, 0.25) is 5.91 Å².